The van der Waals surface area contributed by atoms with Crippen molar-refractivity contribution in [1.29, 1.82) is 0 Å². The normalized spacial score (nSPS) is 21.5. The highest BCUT2D eigenvalue weighted by atomic mass is 19.3. The van der Waals surface area contributed by atoms with Crippen LogP contribution < -0.4 is 10.6 Å². The molecule has 168 valence electrons. The molecule has 0 radical (unpaired) electrons. The van der Waals surface area contributed by atoms with E-state index in [0.29, 0.717) is 35.4 Å². The SMILES string of the molecule is CN=C/C(=C\N)c1ccc(CN2C(=O)C3(CCN(CC(F)F)C3)c3ccccc32)c(F)c1. The molecule has 1 saturated heterocycles. The largest absolute Gasteiger partial charge is 0.404 e. The molecule has 1 spiro atoms. The van der Waals surface area contributed by atoms with Crippen LogP contribution in [0.5, 0.6) is 0 Å². The molecule has 2 aliphatic heterocycles. The quantitative estimate of drug-likeness (QED) is 0.696. The van der Waals surface area contributed by atoms with Gasteiger partial charge in [-0.15, -0.1) is 0 Å². The number of alkyl halides is 2. The number of halogens is 3. The van der Waals surface area contributed by atoms with E-state index in [1.165, 1.54) is 12.3 Å². The van der Waals surface area contributed by atoms with E-state index in [-0.39, 0.29) is 25.5 Å². The number of para-hydroxylation sites is 1. The molecule has 0 bridgehead atoms. The van der Waals surface area contributed by atoms with Crippen molar-refractivity contribution in [2.24, 2.45) is 10.7 Å². The predicted octanol–water partition coefficient (Wildman–Crippen LogP) is 3.58. The molecule has 8 heteroatoms. The summed E-state index contributed by atoms with van der Waals surface area (Å²) in [4.78, 5) is 20.7. The van der Waals surface area contributed by atoms with Crippen LogP contribution in [0.1, 0.15) is 23.1 Å². The monoisotopic (exact) mass is 442 g/mol. The molecule has 2 aromatic rings. The Morgan fingerprint density at radius 1 is 1.28 bits per heavy atom. The zero-order valence-corrected chi connectivity index (χ0v) is 17.8. The van der Waals surface area contributed by atoms with Crippen molar-refractivity contribution in [3.8, 4) is 0 Å². The first kappa shape index (κ1) is 22.1. The third kappa shape index (κ3) is 3.79. The minimum atomic E-state index is -2.45. The predicted molar refractivity (Wildman–Crippen MR) is 119 cm³/mol. The summed E-state index contributed by atoms with van der Waals surface area (Å²) in [6.45, 7) is 0.369. The van der Waals surface area contributed by atoms with Gasteiger partial charge in [0.15, 0.2) is 0 Å². The van der Waals surface area contributed by atoms with E-state index >= 15 is 0 Å². The average molecular weight is 442 g/mol. The summed E-state index contributed by atoms with van der Waals surface area (Å²) in [5, 5.41) is 0. The smallest absolute Gasteiger partial charge is 0.251 e. The van der Waals surface area contributed by atoms with Crippen LogP contribution in [0.25, 0.3) is 5.57 Å². The maximum absolute atomic E-state index is 15.0. The van der Waals surface area contributed by atoms with Gasteiger partial charge in [-0.2, -0.15) is 0 Å². The van der Waals surface area contributed by atoms with Crippen LogP contribution in [0.3, 0.4) is 0 Å². The van der Waals surface area contributed by atoms with Gasteiger partial charge in [0.1, 0.15) is 5.82 Å². The molecule has 32 heavy (non-hydrogen) atoms. The Kier molecular flexibility index (Phi) is 6.06. The van der Waals surface area contributed by atoms with Crippen LogP contribution in [-0.4, -0.2) is 50.1 Å². The van der Waals surface area contributed by atoms with Crippen molar-refractivity contribution in [3.63, 3.8) is 0 Å². The third-order valence-corrected chi connectivity index (χ3v) is 6.27. The van der Waals surface area contributed by atoms with Crippen LogP contribution in [0.4, 0.5) is 18.9 Å². The van der Waals surface area contributed by atoms with Gasteiger partial charge in [-0.3, -0.25) is 14.7 Å². The third-order valence-electron chi connectivity index (χ3n) is 6.27. The summed E-state index contributed by atoms with van der Waals surface area (Å²) in [7, 11) is 1.60. The molecule has 0 saturated carbocycles. The Hall–Kier alpha value is -3.13. The van der Waals surface area contributed by atoms with Gasteiger partial charge in [0.05, 0.1) is 18.5 Å². The number of anilines is 1. The van der Waals surface area contributed by atoms with Gasteiger partial charge in [0.25, 0.3) is 6.43 Å². The summed E-state index contributed by atoms with van der Waals surface area (Å²) < 4.78 is 40.8. The minimum Gasteiger partial charge on any atom is -0.404 e. The number of carbonyl (C=O) groups is 1. The number of nitrogens with zero attached hydrogens (tertiary/aromatic N) is 3. The summed E-state index contributed by atoms with van der Waals surface area (Å²) in [5.74, 6) is -0.622. The first-order chi connectivity index (χ1) is 15.4. The van der Waals surface area contributed by atoms with Crippen molar-refractivity contribution in [2.75, 3.05) is 31.6 Å². The van der Waals surface area contributed by atoms with Gasteiger partial charge in [-0.1, -0.05) is 30.3 Å². The summed E-state index contributed by atoms with van der Waals surface area (Å²) >= 11 is 0. The first-order valence-corrected chi connectivity index (χ1v) is 10.4. The van der Waals surface area contributed by atoms with Crippen LogP contribution in [0.2, 0.25) is 0 Å². The number of fused-ring (bicyclic) bond motifs is 2. The van der Waals surface area contributed by atoms with Crippen molar-refractivity contribution in [1.82, 2.24) is 4.90 Å². The molecule has 2 aromatic carbocycles. The van der Waals surface area contributed by atoms with E-state index in [9.17, 15) is 18.0 Å². The Morgan fingerprint density at radius 3 is 2.75 bits per heavy atom. The Balaban J connectivity index is 1.64. The summed E-state index contributed by atoms with van der Waals surface area (Å²) in [6, 6.07) is 12.1. The maximum Gasteiger partial charge on any atom is 0.251 e. The molecular formula is C24H25F3N4O. The Labute approximate surface area is 185 Å². The highest BCUT2D eigenvalue weighted by Gasteiger charge is 2.54. The number of amides is 1. The molecule has 2 heterocycles. The number of benzene rings is 2. The minimum absolute atomic E-state index is 0.0576. The number of hydrogen-bond acceptors (Lipinski definition) is 4. The fraction of sp³-hybridized carbons (Fsp3) is 0.333. The summed E-state index contributed by atoms with van der Waals surface area (Å²) in [5.41, 5.74) is 7.81. The van der Waals surface area contributed by atoms with E-state index in [1.807, 2.05) is 24.3 Å². The second-order valence-corrected chi connectivity index (χ2v) is 8.18. The molecule has 1 atom stereocenters. The van der Waals surface area contributed by atoms with Gasteiger partial charge < -0.3 is 10.6 Å². The van der Waals surface area contributed by atoms with E-state index in [1.54, 1.807) is 35.2 Å². The van der Waals surface area contributed by atoms with E-state index in [4.69, 9.17) is 5.73 Å². The van der Waals surface area contributed by atoms with Crippen molar-refractivity contribution in [3.05, 3.63) is 71.2 Å². The van der Waals surface area contributed by atoms with E-state index in [2.05, 4.69) is 4.99 Å². The number of carbonyl (C=O) groups excluding carboxylic acids is 1. The zero-order chi connectivity index (χ0) is 22.9. The standard InChI is InChI=1S/C24H25F3N4O/c1-29-12-18(11-28)16-6-7-17(20(25)10-16)13-31-21-5-3-2-4-19(21)24(23(31)32)8-9-30(15-24)14-22(26)27/h2-7,10-12,22H,8-9,13-15,28H2,1H3/b18-11+,29-12?. The lowest BCUT2D eigenvalue weighted by atomic mass is 9.81. The molecule has 5 nitrogen and oxygen atoms in total. The molecule has 2 N–H and O–H groups in total. The van der Waals surface area contributed by atoms with E-state index < -0.39 is 17.7 Å². The number of rotatable bonds is 6. The number of hydrogen-bond donors (Lipinski definition) is 1. The molecule has 1 amide bonds. The Bertz CT molecular complexity index is 1080. The van der Waals surface area contributed by atoms with Gasteiger partial charge >= 0.3 is 0 Å². The maximum atomic E-state index is 15.0. The van der Waals surface area contributed by atoms with Gasteiger partial charge in [-0.25, -0.2) is 13.2 Å². The molecule has 2 aliphatic rings. The van der Waals surface area contributed by atoms with Gasteiger partial charge in [-0.05, 0) is 36.2 Å². The Morgan fingerprint density at radius 2 is 2.06 bits per heavy atom. The molecule has 0 aliphatic carbocycles. The van der Waals surface area contributed by atoms with Crippen LogP contribution in [0, 0.1) is 5.82 Å². The second kappa shape index (κ2) is 8.78. The topological polar surface area (TPSA) is 61.9 Å². The summed E-state index contributed by atoms with van der Waals surface area (Å²) in [6.07, 6.45) is 0.917. The molecule has 0 aromatic heterocycles. The number of likely N-dealkylation sites (tertiary alicyclic amines) is 1. The second-order valence-electron chi connectivity index (χ2n) is 8.18. The zero-order valence-electron chi connectivity index (χ0n) is 17.8. The molecule has 1 unspecified atom stereocenters. The fourth-order valence-corrected chi connectivity index (χ4v) is 4.77. The van der Waals surface area contributed by atoms with Gasteiger partial charge in [0.2, 0.25) is 5.91 Å². The lowest BCUT2D eigenvalue weighted by Crippen LogP contribution is -2.42. The lowest BCUT2D eigenvalue weighted by molar-refractivity contribution is -0.123. The highest BCUT2D eigenvalue weighted by Crippen LogP contribution is 2.47. The lowest BCUT2D eigenvalue weighted by Gasteiger charge is -2.25. The first-order valence-electron chi connectivity index (χ1n) is 10.4. The molecule has 1 fully saturated rings. The van der Waals surface area contributed by atoms with Gasteiger partial charge in [0, 0.05) is 42.8 Å². The van der Waals surface area contributed by atoms with Crippen molar-refractivity contribution >= 4 is 23.4 Å². The number of allylic oxidation sites excluding steroid dienone is 1. The van der Waals surface area contributed by atoms with Crippen molar-refractivity contribution < 1.29 is 18.0 Å². The average Bonchev–Trinajstić information content (AvgIpc) is 3.29. The molecule has 4 rings (SSSR count). The van der Waals surface area contributed by atoms with Crippen molar-refractivity contribution in [2.45, 2.75) is 24.8 Å². The fourth-order valence-electron chi connectivity index (χ4n) is 4.77. The van der Waals surface area contributed by atoms with E-state index in [0.717, 1.165) is 5.56 Å². The van der Waals surface area contributed by atoms with Crippen LogP contribution in [0.15, 0.2) is 53.7 Å². The number of aliphatic imine (C=N–C) groups is 1. The number of nitrogens with two attached hydrogens (primary N) is 1. The van der Waals surface area contributed by atoms with Crippen LogP contribution in [-0.2, 0) is 16.8 Å². The van der Waals surface area contributed by atoms with Crippen LogP contribution >= 0.6 is 0 Å². The highest BCUT2D eigenvalue weighted by molar-refractivity contribution is 6.10. The molecular weight excluding hydrogens is 417 g/mol.